The smallest absolute Gasteiger partial charge is 0.303 e. The highest BCUT2D eigenvalue weighted by molar-refractivity contribution is 6.30. The van der Waals surface area contributed by atoms with E-state index in [-0.39, 0.29) is 5.97 Å². The summed E-state index contributed by atoms with van der Waals surface area (Å²) in [7, 11) is 0. The Labute approximate surface area is 116 Å². The number of benzene rings is 1. The maximum Gasteiger partial charge on any atom is 0.303 e. The minimum atomic E-state index is -0.588. The average Bonchev–Trinajstić information content (AvgIpc) is 2.90. The highest BCUT2D eigenvalue weighted by Gasteiger charge is 2.20. The van der Waals surface area contributed by atoms with Gasteiger partial charge >= 0.3 is 5.97 Å². The van der Waals surface area contributed by atoms with Crippen LogP contribution in [0.25, 0.3) is 5.70 Å². The van der Waals surface area contributed by atoms with Crippen molar-refractivity contribution in [3.8, 4) is 0 Å². The Morgan fingerprint density at radius 1 is 1.42 bits per heavy atom. The largest absolute Gasteiger partial charge is 0.451 e. The fourth-order valence-corrected chi connectivity index (χ4v) is 1.82. The molecule has 0 spiro atoms. The van der Waals surface area contributed by atoms with Crippen LogP contribution in [-0.2, 0) is 9.53 Å². The standard InChI is InChI=1S/C14H13ClN2O2/c1-10(17-9-3-8-16-17)14(19-11(2)18)12-4-6-13(15)7-5-12/h3-9,14H,1H2,2H3. The Morgan fingerprint density at radius 2 is 2.11 bits per heavy atom. The first-order valence-electron chi connectivity index (χ1n) is 5.69. The number of ether oxygens (including phenoxy) is 1. The van der Waals surface area contributed by atoms with Gasteiger partial charge in [0.1, 0.15) is 0 Å². The Morgan fingerprint density at radius 3 is 2.63 bits per heavy atom. The first-order chi connectivity index (χ1) is 9.08. The van der Waals surface area contributed by atoms with Crippen molar-refractivity contribution in [3.05, 3.63) is 59.9 Å². The molecule has 19 heavy (non-hydrogen) atoms. The number of hydrogen-bond donors (Lipinski definition) is 0. The molecule has 2 aromatic rings. The van der Waals surface area contributed by atoms with E-state index >= 15 is 0 Å². The Kier molecular flexibility index (Phi) is 4.02. The molecule has 5 heteroatoms. The molecule has 0 aliphatic heterocycles. The van der Waals surface area contributed by atoms with Gasteiger partial charge in [-0.3, -0.25) is 4.79 Å². The molecule has 0 amide bonds. The van der Waals surface area contributed by atoms with Crippen LogP contribution in [0.4, 0.5) is 0 Å². The van der Waals surface area contributed by atoms with E-state index in [1.807, 2.05) is 0 Å². The number of carbonyl (C=O) groups is 1. The van der Waals surface area contributed by atoms with Crippen LogP contribution in [0.3, 0.4) is 0 Å². The summed E-state index contributed by atoms with van der Waals surface area (Å²) in [6, 6.07) is 8.85. The van der Waals surface area contributed by atoms with Crippen LogP contribution in [0, 0.1) is 0 Å². The molecule has 1 unspecified atom stereocenters. The van der Waals surface area contributed by atoms with Gasteiger partial charge in [0.05, 0.1) is 5.70 Å². The lowest BCUT2D eigenvalue weighted by molar-refractivity contribution is -0.144. The molecule has 1 atom stereocenters. The highest BCUT2D eigenvalue weighted by atomic mass is 35.5. The first kappa shape index (κ1) is 13.4. The van der Waals surface area contributed by atoms with Gasteiger partial charge in [-0.05, 0) is 23.8 Å². The molecule has 0 saturated heterocycles. The van der Waals surface area contributed by atoms with E-state index in [1.54, 1.807) is 47.4 Å². The van der Waals surface area contributed by atoms with Crippen LogP contribution < -0.4 is 0 Å². The van der Waals surface area contributed by atoms with Gasteiger partial charge in [-0.15, -0.1) is 0 Å². The molecule has 0 aliphatic rings. The van der Waals surface area contributed by atoms with E-state index in [9.17, 15) is 4.79 Å². The molecule has 0 radical (unpaired) electrons. The molecule has 0 bridgehead atoms. The third-order valence-electron chi connectivity index (χ3n) is 2.56. The maximum atomic E-state index is 11.2. The van der Waals surface area contributed by atoms with Gasteiger partial charge in [0.25, 0.3) is 0 Å². The van der Waals surface area contributed by atoms with E-state index in [1.165, 1.54) is 6.92 Å². The van der Waals surface area contributed by atoms with Crippen molar-refractivity contribution in [1.29, 1.82) is 0 Å². The fourth-order valence-electron chi connectivity index (χ4n) is 1.69. The van der Waals surface area contributed by atoms with Crippen molar-refractivity contribution in [3.63, 3.8) is 0 Å². The second-order valence-corrected chi connectivity index (χ2v) is 4.42. The topological polar surface area (TPSA) is 44.1 Å². The second kappa shape index (κ2) is 5.71. The van der Waals surface area contributed by atoms with Gasteiger partial charge in [-0.2, -0.15) is 5.10 Å². The van der Waals surface area contributed by atoms with E-state index in [2.05, 4.69) is 11.7 Å². The number of rotatable bonds is 4. The summed E-state index contributed by atoms with van der Waals surface area (Å²) in [5, 5.41) is 4.71. The van der Waals surface area contributed by atoms with Gasteiger partial charge in [0.15, 0.2) is 6.10 Å². The molecule has 0 aliphatic carbocycles. The monoisotopic (exact) mass is 276 g/mol. The SMILES string of the molecule is C=C(C(OC(C)=O)c1ccc(Cl)cc1)n1cccn1. The molecular weight excluding hydrogens is 264 g/mol. The van der Waals surface area contributed by atoms with E-state index in [0.29, 0.717) is 10.7 Å². The van der Waals surface area contributed by atoms with Gasteiger partial charge in [-0.1, -0.05) is 30.3 Å². The summed E-state index contributed by atoms with van der Waals surface area (Å²) in [6.45, 7) is 5.30. The molecular formula is C14H13ClN2O2. The van der Waals surface area contributed by atoms with Crippen LogP contribution in [0.1, 0.15) is 18.6 Å². The zero-order valence-electron chi connectivity index (χ0n) is 10.4. The number of aromatic nitrogens is 2. The third-order valence-corrected chi connectivity index (χ3v) is 2.81. The molecule has 0 saturated carbocycles. The van der Waals surface area contributed by atoms with Gasteiger partial charge in [-0.25, -0.2) is 4.68 Å². The van der Waals surface area contributed by atoms with Crippen molar-refractivity contribution in [2.75, 3.05) is 0 Å². The average molecular weight is 277 g/mol. The molecule has 98 valence electrons. The van der Waals surface area contributed by atoms with Crippen molar-refractivity contribution < 1.29 is 9.53 Å². The number of carbonyl (C=O) groups excluding carboxylic acids is 1. The number of halogens is 1. The Hall–Kier alpha value is -2.07. The summed E-state index contributed by atoms with van der Waals surface area (Å²) in [6.07, 6.45) is 2.79. The third kappa shape index (κ3) is 3.23. The van der Waals surface area contributed by atoms with Crippen molar-refractivity contribution >= 4 is 23.3 Å². The summed E-state index contributed by atoms with van der Waals surface area (Å²) in [5.74, 6) is -0.381. The van der Waals surface area contributed by atoms with Crippen LogP contribution in [0.15, 0.2) is 49.3 Å². The first-order valence-corrected chi connectivity index (χ1v) is 6.07. The van der Waals surface area contributed by atoms with E-state index in [0.717, 1.165) is 5.56 Å². The van der Waals surface area contributed by atoms with Crippen molar-refractivity contribution in [2.45, 2.75) is 13.0 Å². The summed E-state index contributed by atoms with van der Waals surface area (Å²) in [4.78, 5) is 11.2. The van der Waals surface area contributed by atoms with E-state index in [4.69, 9.17) is 16.3 Å². The summed E-state index contributed by atoms with van der Waals surface area (Å²) in [5.41, 5.74) is 1.35. The van der Waals surface area contributed by atoms with Gasteiger partial charge in [0, 0.05) is 24.3 Å². The number of nitrogens with zero attached hydrogens (tertiary/aromatic N) is 2. The van der Waals surface area contributed by atoms with Crippen LogP contribution in [0.5, 0.6) is 0 Å². The molecule has 0 fully saturated rings. The minimum absolute atomic E-state index is 0.381. The predicted molar refractivity (Wildman–Crippen MR) is 73.5 cm³/mol. The quantitative estimate of drug-likeness (QED) is 0.805. The van der Waals surface area contributed by atoms with Crippen LogP contribution in [-0.4, -0.2) is 15.7 Å². The Bertz CT molecular complexity index is 576. The number of hydrogen-bond acceptors (Lipinski definition) is 3. The molecule has 2 rings (SSSR count). The highest BCUT2D eigenvalue weighted by Crippen LogP contribution is 2.28. The Balaban J connectivity index is 2.33. The molecule has 1 aromatic heterocycles. The molecule has 4 nitrogen and oxygen atoms in total. The summed E-state index contributed by atoms with van der Waals surface area (Å²) < 4.78 is 6.89. The fraction of sp³-hybridized carbons (Fsp3) is 0.143. The lowest BCUT2D eigenvalue weighted by Gasteiger charge is -2.19. The minimum Gasteiger partial charge on any atom is -0.451 e. The number of esters is 1. The zero-order chi connectivity index (χ0) is 13.8. The van der Waals surface area contributed by atoms with Gasteiger partial charge < -0.3 is 4.74 Å². The molecule has 0 N–H and O–H groups in total. The van der Waals surface area contributed by atoms with Crippen molar-refractivity contribution in [1.82, 2.24) is 9.78 Å². The molecule has 1 heterocycles. The summed E-state index contributed by atoms with van der Waals surface area (Å²) >= 11 is 5.85. The van der Waals surface area contributed by atoms with Crippen LogP contribution in [0.2, 0.25) is 5.02 Å². The second-order valence-electron chi connectivity index (χ2n) is 3.98. The van der Waals surface area contributed by atoms with Crippen LogP contribution >= 0.6 is 11.6 Å². The lowest BCUT2D eigenvalue weighted by atomic mass is 10.1. The maximum absolute atomic E-state index is 11.2. The zero-order valence-corrected chi connectivity index (χ0v) is 11.2. The van der Waals surface area contributed by atoms with E-state index < -0.39 is 6.10 Å². The normalized spacial score (nSPS) is 11.9. The predicted octanol–water partition coefficient (Wildman–Crippen LogP) is 3.31. The van der Waals surface area contributed by atoms with Gasteiger partial charge in [0.2, 0.25) is 0 Å². The van der Waals surface area contributed by atoms with Crippen molar-refractivity contribution in [2.24, 2.45) is 0 Å². The molecule has 1 aromatic carbocycles. The lowest BCUT2D eigenvalue weighted by Crippen LogP contribution is -2.14.